The number of esters is 5. The van der Waals surface area contributed by atoms with Crippen molar-refractivity contribution in [3.05, 3.63) is 65.2 Å². The van der Waals surface area contributed by atoms with E-state index in [9.17, 15) is 28.8 Å². The molecule has 2 heterocycles. The summed E-state index contributed by atoms with van der Waals surface area (Å²) < 4.78 is 50.6. The van der Waals surface area contributed by atoms with Gasteiger partial charge in [0, 0.05) is 57.9 Å². The third-order valence-electron chi connectivity index (χ3n) is 7.27. The van der Waals surface area contributed by atoms with Crippen molar-refractivity contribution in [3.8, 4) is 40.2 Å². The summed E-state index contributed by atoms with van der Waals surface area (Å²) in [6, 6.07) is 11.8. The summed E-state index contributed by atoms with van der Waals surface area (Å²) in [5.74, 6) is -3.66. The summed E-state index contributed by atoms with van der Waals surface area (Å²) in [4.78, 5) is 73.0. The lowest BCUT2D eigenvalue weighted by atomic mass is 9.92. The molecule has 0 aromatic heterocycles. The average Bonchev–Trinajstić information content (AvgIpc) is 3.03. The molecule has 0 bridgehead atoms. The molecule has 0 saturated carbocycles. The van der Waals surface area contributed by atoms with Crippen molar-refractivity contribution in [2.24, 2.45) is 0 Å². The van der Waals surface area contributed by atoms with Crippen molar-refractivity contribution >= 4 is 35.6 Å². The van der Waals surface area contributed by atoms with Crippen LogP contribution in [0.3, 0.4) is 0 Å². The fraction of sp³-hybridized carbons (Fsp3) is 0.314. The van der Waals surface area contributed by atoms with Crippen molar-refractivity contribution in [1.82, 2.24) is 0 Å². The summed E-state index contributed by atoms with van der Waals surface area (Å²) >= 11 is 0. The smallest absolute Gasteiger partial charge is 0.308 e. The Bertz CT molecular complexity index is 1880. The first-order valence-corrected chi connectivity index (χ1v) is 15.1. The van der Waals surface area contributed by atoms with Crippen molar-refractivity contribution in [3.63, 3.8) is 0 Å². The second-order valence-corrected chi connectivity index (χ2v) is 11.1. The van der Waals surface area contributed by atoms with Crippen molar-refractivity contribution < 1.29 is 71.4 Å². The number of hydrogen-bond donors (Lipinski definition) is 0. The molecule has 2 aliphatic rings. The van der Waals surface area contributed by atoms with Crippen LogP contribution in [0.1, 0.15) is 68.3 Å². The molecule has 4 unspecified atom stereocenters. The summed E-state index contributed by atoms with van der Waals surface area (Å²) in [6.45, 7) is 5.73. The van der Waals surface area contributed by atoms with Crippen LogP contribution in [0, 0.1) is 0 Å². The molecule has 15 heteroatoms. The zero-order chi connectivity index (χ0) is 36.3. The zero-order valence-electron chi connectivity index (χ0n) is 27.8. The van der Waals surface area contributed by atoms with E-state index in [-0.39, 0.29) is 52.4 Å². The molecule has 4 atom stereocenters. The van der Waals surface area contributed by atoms with Gasteiger partial charge in [-0.15, -0.1) is 0 Å². The third-order valence-corrected chi connectivity index (χ3v) is 7.27. The van der Waals surface area contributed by atoms with E-state index in [0.717, 1.165) is 13.8 Å². The fourth-order valence-electron chi connectivity index (χ4n) is 5.41. The first kappa shape index (κ1) is 35.2. The van der Waals surface area contributed by atoms with Gasteiger partial charge in [0.2, 0.25) is 11.9 Å². The maximum atomic E-state index is 13.9. The van der Waals surface area contributed by atoms with Gasteiger partial charge >= 0.3 is 29.8 Å². The largest absolute Gasteiger partial charge is 0.493 e. The van der Waals surface area contributed by atoms with Gasteiger partial charge in [-0.05, 0) is 24.3 Å². The Morgan fingerprint density at radius 2 is 1.26 bits per heavy atom. The molecule has 262 valence electrons. The maximum Gasteiger partial charge on any atom is 0.308 e. The average molecular weight is 693 g/mol. The van der Waals surface area contributed by atoms with Gasteiger partial charge in [-0.3, -0.25) is 28.8 Å². The van der Waals surface area contributed by atoms with E-state index in [1.165, 1.54) is 52.1 Å². The molecule has 3 aromatic rings. The normalized spacial score (nSPS) is 18.8. The molecule has 15 nitrogen and oxygen atoms in total. The molecule has 3 aromatic carbocycles. The standard InChI is InChI=1S/C35H32O15/c1-16(36)43-15-30-33(21-7-9-24(45-18(3)38)26(11-21)42-6)49-27-12-22(8-10-25(27)48-30)34-35(47-20(5)40)32(41)31-28(46-19(4)39)13-23(44-17(2)37)14-29(31)50-34/h7-14,30,33-35H,15H2,1-6H3. The minimum absolute atomic E-state index is 0.0658. The van der Waals surface area contributed by atoms with Gasteiger partial charge in [-0.25, -0.2) is 0 Å². The van der Waals surface area contributed by atoms with E-state index in [1.807, 2.05) is 0 Å². The fourth-order valence-corrected chi connectivity index (χ4v) is 5.41. The third kappa shape index (κ3) is 7.77. The number of methoxy groups -OCH3 is 1. The van der Waals surface area contributed by atoms with E-state index in [4.69, 9.17) is 42.6 Å². The number of hydrogen-bond acceptors (Lipinski definition) is 15. The Morgan fingerprint density at radius 1 is 0.620 bits per heavy atom. The van der Waals surface area contributed by atoms with Crippen LogP contribution in [0.25, 0.3) is 0 Å². The highest BCUT2D eigenvalue weighted by Crippen LogP contribution is 2.47. The Kier molecular flexibility index (Phi) is 10.2. The highest BCUT2D eigenvalue weighted by Gasteiger charge is 2.44. The zero-order valence-corrected chi connectivity index (χ0v) is 27.8. The molecule has 0 amide bonds. The Hall–Kier alpha value is -6.12. The molecular formula is C35H32O15. The molecule has 5 rings (SSSR count). The number of benzene rings is 3. The van der Waals surface area contributed by atoms with E-state index < -0.39 is 60.0 Å². The van der Waals surface area contributed by atoms with Gasteiger partial charge in [0.25, 0.3) is 0 Å². The number of ketones is 1. The van der Waals surface area contributed by atoms with Gasteiger partial charge < -0.3 is 42.6 Å². The predicted molar refractivity (Wildman–Crippen MR) is 167 cm³/mol. The van der Waals surface area contributed by atoms with Crippen LogP contribution in [0.15, 0.2) is 48.5 Å². The number of rotatable bonds is 9. The van der Waals surface area contributed by atoms with Crippen molar-refractivity contribution in [2.45, 2.75) is 59.0 Å². The van der Waals surface area contributed by atoms with E-state index in [0.29, 0.717) is 11.1 Å². The quantitative estimate of drug-likeness (QED) is 0.230. The highest BCUT2D eigenvalue weighted by molar-refractivity contribution is 6.07. The van der Waals surface area contributed by atoms with Crippen LogP contribution in [0.2, 0.25) is 0 Å². The molecule has 0 radical (unpaired) electrons. The lowest BCUT2D eigenvalue weighted by Crippen LogP contribution is -2.40. The van der Waals surface area contributed by atoms with Crippen LogP contribution < -0.4 is 33.2 Å². The van der Waals surface area contributed by atoms with Crippen LogP contribution in [0.5, 0.6) is 40.2 Å². The van der Waals surface area contributed by atoms with Gasteiger partial charge in [-0.1, -0.05) is 12.1 Å². The predicted octanol–water partition coefficient (Wildman–Crippen LogP) is 4.16. The highest BCUT2D eigenvalue weighted by atomic mass is 16.6. The summed E-state index contributed by atoms with van der Waals surface area (Å²) in [7, 11) is 1.40. The lowest BCUT2D eigenvalue weighted by molar-refractivity contribution is -0.149. The molecule has 50 heavy (non-hydrogen) atoms. The Labute approximate surface area is 285 Å². The lowest BCUT2D eigenvalue weighted by Gasteiger charge is -2.36. The molecule has 0 N–H and O–H groups in total. The maximum absolute atomic E-state index is 13.9. The van der Waals surface area contributed by atoms with Gasteiger partial charge in [0.1, 0.15) is 29.4 Å². The van der Waals surface area contributed by atoms with Crippen molar-refractivity contribution in [2.75, 3.05) is 13.7 Å². The second kappa shape index (κ2) is 14.6. The number of carbonyl (C=O) groups is 6. The summed E-state index contributed by atoms with van der Waals surface area (Å²) in [5.41, 5.74) is 0.623. The summed E-state index contributed by atoms with van der Waals surface area (Å²) in [6.07, 6.45) is -4.53. The Morgan fingerprint density at radius 3 is 1.90 bits per heavy atom. The number of ether oxygens (including phenoxy) is 9. The van der Waals surface area contributed by atoms with Gasteiger partial charge in [0.15, 0.2) is 41.3 Å². The number of fused-ring (bicyclic) bond motifs is 2. The molecule has 0 aliphatic carbocycles. The Balaban J connectivity index is 1.56. The van der Waals surface area contributed by atoms with E-state index in [2.05, 4.69) is 0 Å². The molecule has 0 spiro atoms. The second-order valence-electron chi connectivity index (χ2n) is 11.1. The van der Waals surface area contributed by atoms with E-state index >= 15 is 0 Å². The number of Topliss-reactive ketones (excluding diaryl/α,β-unsaturated/α-hetero) is 1. The number of carbonyl (C=O) groups excluding carboxylic acids is 6. The first-order chi connectivity index (χ1) is 23.7. The van der Waals surface area contributed by atoms with Crippen molar-refractivity contribution in [1.29, 1.82) is 0 Å². The topological polar surface area (TPSA) is 185 Å². The van der Waals surface area contributed by atoms with Crippen LogP contribution in [-0.2, 0) is 33.4 Å². The molecule has 0 saturated heterocycles. The van der Waals surface area contributed by atoms with Gasteiger partial charge in [0.05, 0.1) is 7.11 Å². The van der Waals surface area contributed by atoms with E-state index in [1.54, 1.807) is 24.3 Å². The summed E-state index contributed by atoms with van der Waals surface area (Å²) in [5, 5.41) is 0. The van der Waals surface area contributed by atoms with Crippen LogP contribution in [0.4, 0.5) is 0 Å². The molecule has 0 fully saturated rings. The molecule has 2 aliphatic heterocycles. The molecular weight excluding hydrogens is 660 g/mol. The van der Waals surface area contributed by atoms with Crippen LogP contribution >= 0.6 is 0 Å². The first-order valence-electron chi connectivity index (χ1n) is 15.1. The minimum Gasteiger partial charge on any atom is -0.493 e. The van der Waals surface area contributed by atoms with Gasteiger partial charge in [-0.2, -0.15) is 0 Å². The minimum atomic E-state index is -1.54. The monoisotopic (exact) mass is 692 g/mol. The SMILES string of the molecule is COc1cc(C2Oc3cc(C4Oc5cc(OC(C)=O)cc(OC(C)=O)c5C(=O)C4OC(C)=O)ccc3OC2COC(C)=O)ccc1OC(C)=O. The van der Waals surface area contributed by atoms with Crippen LogP contribution in [-0.4, -0.2) is 61.6 Å².